The average Bonchev–Trinajstić information content (AvgIpc) is 2.80. The van der Waals surface area contributed by atoms with Crippen LogP contribution in [0.3, 0.4) is 0 Å². The number of rotatable bonds is 4. The molecule has 0 aliphatic rings. The second kappa shape index (κ2) is 6.81. The highest BCUT2D eigenvalue weighted by Gasteiger charge is 2.16. The minimum absolute atomic E-state index is 0.139. The van der Waals surface area contributed by atoms with Gasteiger partial charge >= 0.3 is 5.97 Å². The van der Waals surface area contributed by atoms with Crippen LogP contribution < -0.4 is 10.1 Å². The van der Waals surface area contributed by atoms with Gasteiger partial charge in [0.05, 0.1) is 11.2 Å². The molecule has 0 atom stereocenters. The van der Waals surface area contributed by atoms with Gasteiger partial charge < -0.3 is 14.6 Å². The van der Waals surface area contributed by atoms with E-state index in [-0.39, 0.29) is 11.9 Å². The van der Waals surface area contributed by atoms with E-state index in [4.69, 9.17) is 4.74 Å². The second-order valence-electron chi connectivity index (χ2n) is 5.99. The molecule has 0 radical (unpaired) electrons. The molecule has 0 saturated heterocycles. The van der Waals surface area contributed by atoms with Crippen LogP contribution in [0, 0.1) is 6.92 Å². The van der Waals surface area contributed by atoms with Crippen molar-refractivity contribution in [3.05, 3.63) is 59.8 Å². The number of hydrogen-bond donors (Lipinski definition) is 1. The van der Waals surface area contributed by atoms with E-state index in [2.05, 4.69) is 22.0 Å². The number of fused-ring (bicyclic) bond motifs is 1. The van der Waals surface area contributed by atoms with Gasteiger partial charge in [-0.05, 0) is 30.7 Å². The Morgan fingerprint density at radius 1 is 1.08 bits per heavy atom. The van der Waals surface area contributed by atoms with Gasteiger partial charge in [0.25, 0.3) is 0 Å². The van der Waals surface area contributed by atoms with Crippen molar-refractivity contribution in [2.45, 2.75) is 27.3 Å². The first kappa shape index (κ1) is 16.8. The largest absolute Gasteiger partial charge is 0.427 e. The molecule has 128 valence electrons. The zero-order valence-electron chi connectivity index (χ0n) is 14.5. The smallest absolute Gasteiger partial charge is 0.308 e. The fourth-order valence-electron chi connectivity index (χ4n) is 2.99. The third kappa shape index (κ3) is 3.55. The summed E-state index contributed by atoms with van der Waals surface area (Å²) >= 11 is 0. The van der Waals surface area contributed by atoms with Gasteiger partial charge in [0, 0.05) is 31.5 Å². The Kier molecular flexibility index (Phi) is 4.57. The number of aromatic nitrogens is 1. The van der Waals surface area contributed by atoms with Gasteiger partial charge in [-0.3, -0.25) is 9.59 Å². The highest BCUT2D eigenvalue weighted by Crippen LogP contribution is 2.34. The molecule has 0 unspecified atom stereocenters. The van der Waals surface area contributed by atoms with Crippen LogP contribution in [0.25, 0.3) is 10.9 Å². The first-order valence-electron chi connectivity index (χ1n) is 8.08. The third-order valence-electron chi connectivity index (χ3n) is 4.04. The summed E-state index contributed by atoms with van der Waals surface area (Å²) in [7, 11) is 0. The summed E-state index contributed by atoms with van der Waals surface area (Å²) in [5.41, 5.74) is 3.84. The number of amides is 1. The first-order valence-corrected chi connectivity index (χ1v) is 8.08. The maximum absolute atomic E-state index is 11.6. The second-order valence-corrected chi connectivity index (χ2v) is 5.99. The lowest BCUT2D eigenvalue weighted by molar-refractivity contribution is -0.131. The molecule has 0 bridgehead atoms. The van der Waals surface area contributed by atoms with Crippen LogP contribution in [0.4, 0.5) is 5.69 Å². The number of nitrogens with one attached hydrogen (secondary N) is 1. The number of carbonyl (C=O) groups is 2. The van der Waals surface area contributed by atoms with Crippen molar-refractivity contribution in [3.63, 3.8) is 0 Å². The monoisotopic (exact) mass is 336 g/mol. The van der Waals surface area contributed by atoms with Gasteiger partial charge in [-0.1, -0.05) is 30.3 Å². The highest BCUT2D eigenvalue weighted by atomic mass is 16.5. The molecule has 0 aliphatic heterocycles. The fraction of sp³-hybridized carbons (Fsp3) is 0.200. The zero-order chi connectivity index (χ0) is 18.0. The van der Waals surface area contributed by atoms with Crippen LogP contribution >= 0.6 is 0 Å². The summed E-state index contributed by atoms with van der Waals surface area (Å²) in [6.45, 7) is 5.51. The van der Waals surface area contributed by atoms with Crippen molar-refractivity contribution in [1.29, 1.82) is 0 Å². The lowest BCUT2D eigenvalue weighted by Gasteiger charge is -2.09. The third-order valence-corrected chi connectivity index (χ3v) is 4.04. The number of ether oxygens (including phenoxy) is 1. The van der Waals surface area contributed by atoms with E-state index >= 15 is 0 Å². The maximum Gasteiger partial charge on any atom is 0.308 e. The van der Waals surface area contributed by atoms with Crippen molar-refractivity contribution in [2.75, 3.05) is 5.32 Å². The van der Waals surface area contributed by atoms with E-state index in [0.29, 0.717) is 12.3 Å². The molecule has 1 heterocycles. The molecule has 5 heteroatoms. The minimum Gasteiger partial charge on any atom is -0.427 e. The molecule has 0 spiro atoms. The van der Waals surface area contributed by atoms with E-state index < -0.39 is 0 Å². The Hall–Kier alpha value is -3.08. The quantitative estimate of drug-likeness (QED) is 0.581. The molecular formula is C20H20N2O3. The number of anilines is 1. The lowest BCUT2D eigenvalue weighted by atomic mass is 10.2. The van der Waals surface area contributed by atoms with E-state index in [0.717, 1.165) is 22.3 Å². The van der Waals surface area contributed by atoms with Crippen LogP contribution in [-0.2, 0) is 16.1 Å². The molecule has 1 aromatic heterocycles. The van der Waals surface area contributed by atoms with Crippen LogP contribution in [0.15, 0.2) is 48.5 Å². The Bertz CT molecular complexity index is 942. The standard InChI is InChI=1S/C20H20N2O3/c1-13-20(21-14(2)23)18-11-17(25-15(3)24)9-10-19(18)22(13)12-16-7-5-4-6-8-16/h4-11H,12H2,1-3H3,(H,21,23). The summed E-state index contributed by atoms with van der Waals surface area (Å²) < 4.78 is 7.34. The predicted molar refractivity (Wildman–Crippen MR) is 97.8 cm³/mol. The topological polar surface area (TPSA) is 60.3 Å². The first-order chi connectivity index (χ1) is 12.0. The Balaban J connectivity index is 2.14. The van der Waals surface area contributed by atoms with Crippen molar-refractivity contribution in [2.24, 2.45) is 0 Å². The van der Waals surface area contributed by atoms with E-state index in [1.54, 1.807) is 12.1 Å². The van der Waals surface area contributed by atoms with Gasteiger partial charge in [-0.15, -0.1) is 0 Å². The molecule has 5 nitrogen and oxygen atoms in total. The van der Waals surface area contributed by atoms with Crippen molar-refractivity contribution in [3.8, 4) is 5.75 Å². The normalized spacial score (nSPS) is 10.7. The van der Waals surface area contributed by atoms with Crippen LogP contribution in [0.5, 0.6) is 5.75 Å². The molecule has 1 N–H and O–H groups in total. The highest BCUT2D eigenvalue weighted by molar-refractivity contribution is 6.03. The molecule has 1 amide bonds. The molecule has 3 aromatic rings. The molecule has 25 heavy (non-hydrogen) atoms. The summed E-state index contributed by atoms with van der Waals surface area (Å²) in [5.74, 6) is -0.0518. The number of esters is 1. The molecule has 0 fully saturated rings. The molecule has 0 aliphatic carbocycles. The molecular weight excluding hydrogens is 316 g/mol. The van der Waals surface area contributed by atoms with E-state index in [9.17, 15) is 9.59 Å². The van der Waals surface area contributed by atoms with E-state index in [1.807, 2.05) is 31.2 Å². The van der Waals surface area contributed by atoms with Crippen LogP contribution in [0.1, 0.15) is 25.1 Å². The van der Waals surface area contributed by atoms with Gasteiger partial charge in [0.1, 0.15) is 5.75 Å². The number of nitrogens with zero attached hydrogens (tertiary/aromatic N) is 1. The number of hydrogen-bond acceptors (Lipinski definition) is 3. The Morgan fingerprint density at radius 3 is 2.44 bits per heavy atom. The van der Waals surface area contributed by atoms with Gasteiger partial charge in [0.2, 0.25) is 5.91 Å². The lowest BCUT2D eigenvalue weighted by Crippen LogP contribution is -2.08. The minimum atomic E-state index is -0.374. The van der Waals surface area contributed by atoms with Gasteiger partial charge in [-0.25, -0.2) is 0 Å². The van der Waals surface area contributed by atoms with Crippen molar-refractivity contribution >= 4 is 28.5 Å². The van der Waals surface area contributed by atoms with Gasteiger partial charge in [0.15, 0.2) is 0 Å². The Labute approximate surface area is 146 Å². The SMILES string of the molecule is CC(=O)Nc1c(C)n(Cc2ccccc2)c2ccc(OC(C)=O)cc12. The number of benzene rings is 2. The summed E-state index contributed by atoms with van der Waals surface area (Å²) in [6.07, 6.45) is 0. The van der Waals surface area contributed by atoms with Crippen LogP contribution in [0.2, 0.25) is 0 Å². The number of carbonyl (C=O) groups excluding carboxylic acids is 2. The summed E-state index contributed by atoms with van der Waals surface area (Å²) in [6, 6.07) is 15.6. The molecule has 0 saturated carbocycles. The average molecular weight is 336 g/mol. The van der Waals surface area contributed by atoms with Gasteiger partial charge in [-0.2, -0.15) is 0 Å². The van der Waals surface area contributed by atoms with Crippen LogP contribution in [-0.4, -0.2) is 16.4 Å². The molecule has 2 aromatic carbocycles. The fourth-order valence-corrected chi connectivity index (χ4v) is 2.99. The summed E-state index contributed by atoms with van der Waals surface area (Å²) in [5, 5.41) is 3.75. The zero-order valence-corrected chi connectivity index (χ0v) is 14.5. The summed E-state index contributed by atoms with van der Waals surface area (Å²) in [4.78, 5) is 22.9. The Morgan fingerprint density at radius 2 is 1.80 bits per heavy atom. The molecule has 3 rings (SSSR count). The maximum atomic E-state index is 11.6. The van der Waals surface area contributed by atoms with E-state index in [1.165, 1.54) is 19.4 Å². The van der Waals surface area contributed by atoms with Crippen molar-refractivity contribution < 1.29 is 14.3 Å². The van der Waals surface area contributed by atoms with Crippen molar-refractivity contribution in [1.82, 2.24) is 4.57 Å². The predicted octanol–water partition coefficient (Wildman–Crippen LogP) is 3.88.